The largest absolute Gasteiger partial charge is 0.416 e. The van der Waals surface area contributed by atoms with E-state index in [1.54, 1.807) is 0 Å². The Labute approximate surface area is 122 Å². The van der Waals surface area contributed by atoms with Crippen molar-refractivity contribution >= 4 is 0 Å². The van der Waals surface area contributed by atoms with Gasteiger partial charge in [0.15, 0.2) is 0 Å². The zero-order valence-corrected chi connectivity index (χ0v) is 11.4. The van der Waals surface area contributed by atoms with E-state index in [1.807, 2.05) is 0 Å². The van der Waals surface area contributed by atoms with Crippen LogP contribution < -0.4 is 5.73 Å². The molecule has 0 radical (unpaired) electrons. The van der Waals surface area contributed by atoms with Crippen LogP contribution in [0.3, 0.4) is 0 Å². The Kier molecular flexibility index (Phi) is 4.43. The molecule has 1 nitrogen and oxygen atoms in total. The number of halogens is 7. The average Bonchev–Trinajstić information content (AvgIpc) is 2.88. The fourth-order valence-electron chi connectivity index (χ4n) is 2.91. The monoisotopic (exact) mass is 329 g/mol. The molecule has 124 valence electrons. The molecule has 0 aromatic heterocycles. The van der Waals surface area contributed by atoms with Crippen LogP contribution in [0.15, 0.2) is 12.1 Å². The van der Waals surface area contributed by atoms with Gasteiger partial charge in [0.1, 0.15) is 5.82 Å². The zero-order chi connectivity index (χ0) is 16.7. The molecular weight excluding hydrogens is 315 g/mol. The second kappa shape index (κ2) is 5.72. The van der Waals surface area contributed by atoms with Crippen molar-refractivity contribution in [2.24, 2.45) is 11.7 Å². The van der Waals surface area contributed by atoms with E-state index in [0.717, 1.165) is 12.8 Å². The van der Waals surface area contributed by atoms with Gasteiger partial charge in [-0.05, 0) is 30.9 Å². The maximum Gasteiger partial charge on any atom is 0.416 e. The molecule has 8 heteroatoms. The second-order valence-corrected chi connectivity index (χ2v) is 5.49. The normalized spacial score (nSPS) is 18.7. The lowest BCUT2D eigenvalue weighted by Gasteiger charge is -2.24. The molecule has 2 rings (SSSR count). The summed E-state index contributed by atoms with van der Waals surface area (Å²) in [5.41, 5.74) is 1.56. The maximum atomic E-state index is 14.0. The summed E-state index contributed by atoms with van der Waals surface area (Å²) in [5.74, 6) is -1.91. The molecule has 1 saturated carbocycles. The van der Waals surface area contributed by atoms with E-state index in [4.69, 9.17) is 5.73 Å². The molecule has 1 aromatic carbocycles. The number of rotatable bonds is 2. The van der Waals surface area contributed by atoms with Gasteiger partial charge in [-0.1, -0.05) is 12.8 Å². The summed E-state index contributed by atoms with van der Waals surface area (Å²) in [5, 5.41) is 0. The van der Waals surface area contributed by atoms with Crippen molar-refractivity contribution in [3.63, 3.8) is 0 Å². The summed E-state index contributed by atoms with van der Waals surface area (Å²) in [6.45, 7) is 0. The highest BCUT2D eigenvalue weighted by Gasteiger charge is 2.42. The van der Waals surface area contributed by atoms with Crippen LogP contribution in [-0.2, 0) is 12.4 Å². The predicted molar refractivity (Wildman–Crippen MR) is 65.3 cm³/mol. The summed E-state index contributed by atoms with van der Waals surface area (Å²) in [6, 6.07) is -1.24. The van der Waals surface area contributed by atoms with Crippen LogP contribution >= 0.6 is 0 Å². The first-order valence-corrected chi connectivity index (χ1v) is 6.75. The van der Waals surface area contributed by atoms with Crippen molar-refractivity contribution in [2.75, 3.05) is 0 Å². The van der Waals surface area contributed by atoms with Crippen molar-refractivity contribution in [3.8, 4) is 0 Å². The van der Waals surface area contributed by atoms with E-state index >= 15 is 0 Å². The zero-order valence-electron chi connectivity index (χ0n) is 11.4. The minimum Gasteiger partial charge on any atom is -0.324 e. The van der Waals surface area contributed by atoms with Crippen molar-refractivity contribution in [1.82, 2.24) is 0 Å². The molecule has 0 bridgehead atoms. The summed E-state index contributed by atoms with van der Waals surface area (Å²) in [6.07, 6.45) is -7.55. The second-order valence-electron chi connectivity index (χ2n) is 5.49. The van der Waals surface area contributed by atoms with Gasteiger partial charge in [0, 0.05) is 11.6 Å². The van der Waals surface area contributed by atoms with Crippen LogP contribution in [-0.4, -0.2) is 0 Å². The molecule has 2 N–H and O–H groups in total. The highest BCUT2D eigenvalue weighted by atomic mass is 19.4. The average molecular weight is 329 g/mol. The molecule has 0 unspecified atom stereocenters. The van der Waals surface area contributed by atoms with Gasteiger partial charge in [0.2, 0.25) is 0 Å². The van der Waals surface area contributed by atoms with Crippen molar-refractivity contribution in [3.05, 3.63) is 34.6 Å². The van der Waals surface area contributed by atoms with Gasteiger partial charge in [-0.25, -0.2) is 4.39 Å². The van der Waals surface area contributed by atoms with E-state index in [9.17, 15) is 30.7 Å². The third-order valence-corrected chi connectivity index (χ3v) is 4.00. The number of nitrogens with two attached hydrogens (primary N) is 1. The number of hydrogen-bond acceptors (Lipinski definition) is 1. The molecule has 1 aromatic rings. The Balaban J connectivity index is 2.56. The van der Waals surface area contributed by atoms with Crippen molar-refractivity contribution in [2.45, 2.75) is 44.1 Å². The molecule has 0 amide bonds. The van der Waals surface area contributed by atoms with Crippen LogP contribution in [0.4, 0.5) is 30.7 Å². The fourth-order valence-corrected chi connectivity index (χ4v) is 2.91. The molecule has 22 heavy (non-hydrogen) atoms. The summed E-state index contributed by atoms with van der Waals surface area (Å²) in [7, 11) is 0. The van der Waals surface area contributed by atoms with Gasteiger partial charge >= 0.3 is 12.4 Å². The molecule has 1 fully saturated rings. The van der Waals surface area contributed by atoms with E-state index in [0.29, 0.717) is 12.8 Å². The van der Waals surface area contributed by atoms with Crippen molar-refractivity contribution < 1.29 is 30.7 Å². The number of hydrogen-bond donors (Lipinski definition) is 1. The predicted octanol–water partition coefficient (Wildman–Crippen LogP) is 5.05. The van der Waals surface area contributed by atoms with Gasteiger partial charge < -0.3 is 5.73 Å². The standard InChI is InChI=1S/C14H14F7N/c15-10-6-8(13(16,17)18)5-9(14(19,20)21)11(10)12(22)7-3-1-2-4-7/h5-7,12H,1-4,22H2/t12-/m0/s1. The molecule has 1 aliphatic rings. The summed E-state index contributed by atoms with van der Waals surface area (Å²) < 4.78 is 91.0. The topological polar surface area (TPSA) is 26.0 Å². The first kappa shape index (κ1) is 17.1. The van der Waals surface area contributed by atoms with Gasteiger partial charge in [0.25, 0.3) is 0 Å². The Morgan fingerprint density at radius 2 is 1.50 bits per heavy atom. The molecule has 0 heterocycles. The van der Waals surface area contributed by atoms with Crippen molar-refractivity contribution in [1.29, 1.82) is 0 Å². The summed E-state index contributed by atoms with van der Waals surface area (Å²) >= 11 is 0. The Hall–Kier alpha value is -1.31. The Bertz CT molecular complexity index is 541. The lowest BCUT2D eigenvalue weighted by molar-refractivity contribution is -0.144. The smallest absolute Gasteiger partial charge is 0.324 e. The van der Waals surface area contributed by atoms with Crippen LogP contribution in [0, 0.1) is 11.7 Å². The molecule has 1 aliphatic carbocycles. The Morgan fingerprint density at radius 3 is 1.95 bits per heavy atom. The maximum absolute atomic E-state index is 14.0. The third kappa shape index (κ3) is 3.37. The quantitative estimate of drug-likeness (QED) is 0.755. The first-order valence-electron chi connectivity index (χ1n) is 6.75. The lowest BCUT2D eigenvalue weighted by atomic mass is 9.88. The van der Waals surface area contributed by atoms with Gasteiger partial charge in [-0.15, -0.1) is 0 Å². The minimum atomic E-state index is -5.10. The van der Waals surface area contributed by atoms with Gasteiger partial charge in [-0.3, -0.25) is 0 Å². The van der Waals surface area contributed by atoms with Gasteiger partial charge in [0.05, 0.1) is 11.1 Å². The third-order valence-electron chi connectivity index (χ3n) is 4.00. The molecular formula is C14H14F7N. The van der Waals surface area contributed by atoms with Crippen LogP contribution in [0.25, 0.3) is 0 Å². The van der Waals surface area contributed by atoms with Crippen LogP contribution in [0.5, 0.6) is 0 Å². The van der Waals surface area contributed by atoms with Crippen LogP contribution in [0.2, 0.25) is 0 Å². The number of alkyl halides is 6. The van der Waals surface area contributed by atoms with Gasteiger partial charge in [-0.2, -0.15) is 26.3 Å². The lowest BCUT2D eigenvalue weighted by Crippen LogP contribution is -2.25. The highest BCUT2D eigenvalue weighted by molar-refractivity contribution is 5.39. The molecule has 1 atom stereocenters. The summed E-state index contributed by atoms with van der Waals surface area (Å²) in [4.78, 5) is 0. The SMILES string of the molecule is N[C@H](c1c(F)cc(C(F)(F)F)cc1C(F)(F)F)C1CCCC1. The van der Waals surface area contributed by atoms with E-state index in [2.05, 4.69) is 0 Å². The minimum absolute atomic E-state index is 0.0623. The first-order chi connectivity index (χ1) is 10.0. The molecule has 0 aliphatic heterocycles. The number of benzene rings is 1. The van der Waals surface area contributed by atoms with E-state index in [-0.39, 0.29) is 18.1 Å². The Morgan fingerprint density at radius 1 is 0.955 bits per heavy atom. The molecule has 0 spiro atoms. The van der Waals surface area contributed by atoms with E-state index in [1.165, 1.54) is 0 Å². The molecule has 0 saturated heterocycles. The van der Waals surface area contributed by atoms with E-state index < -0.39 is 40.9 Å². The fraction of sp³-hybridized carbons (Fsp3) is 0.571. The highest BCUT2D eigenvalue weighted by Crippen LogP contribution is 2.43. The van der Waals surface area contributed by atoms with Crippen LogP contribution in [0.1, 0.15) is 48.4 Å².